The standard InChI is InChI=1S/C28H26ClF3N2O5.Na.H/c29-24-14-21-18(16-38-24)4-3-12-27(21,26(36)37)39-22-6-2-1-5-20(22)25(35)34(19-8-9-19)13-11-17-7-10-23(33-15-17)28(30,31)32;;/h1-2,5-7,10,14-15,19H,3-4,8-9,11-13,16H2,(H,36,37);;/q;+1;-1. The molecule has 7 nitrogen and oxygen atoms in total. The number of aromatic nitrogens is 1. The maximum absolute atomic E-state index is 13.8. The van der Waals surface area contributed by atoms with Crippen LogP contribution in [0.1, 0.15) is 55.1 Å². The molecule has 1 saturated carbocycles. The number of alkyl halides is 3. The van der Waals surface area contributed by atoms with Gasteiger partial charge in [-0.25, -0.2) is 4.79 Å². The van der Waals surface area contributed by atoms with Crippen LogP contribution in [0.5, 0.6) is 5.75 Å². The van der Waals surface area contributed by atoms with Crippen molar-refractivity contribution in [1.29, 1.82) is 0 Å². The first-order chi connectivity index (χ1) is 18.6. The van der Waals surface area contributed by atoms with Gasteiger partial charge in [0.2, 0.25) is 5.60 Å². The van der Waals surface area contributed by atoms with E-state index in [1.807, 2.05) is 0 Å². The molecule has 2 heterocycles. The van der Waals surface area contributed by atoms with Crippen molar-refractivity contribution in [1.82, 2.24) is 9.88 Å². The van der Waals surface area contributed by atoms with Gasteiger partial charge in [-0.15, -0.1) is 0 Å². The van der Waals surface area contributed by atoms with E-state index in [0.29, 0.717) is 30.4 Å². The topological polar surface area (TPSA) is 89.0 Å². The number of rotatable bonds is 8. The van der Waals surface area contributed by atoms with E-state index in [0.717, 1.165) is 24.5 Å². The fraction of sp³-hybridized carbons (Fsp3) is 0.393. The van der Waals surface area contributed by atoms with Crippen molar-refractivity contribution < 1.29 is 68.3 Å². The predicted molar refractivity (Wildman–Crippen MR) is 136 cm³/mol. The largest absolute Gasteiger partial charge is 1.00 e. The van der Waals surface area contributed by atoms with Crippen LogP contribution in [-0.4, -0.2) is 51.7 Å². The van der Waals surface area contributed by atoms with Gasteiger partial charge in [-0.3, -0.25) is 9.78 Å². The van der Waals surface area contributed by atoms with Crippen LogP contribution in [0.2, 0.25) is 0 Å². The van der Waals surface area contributed by atoms with Crippen LogP contribution in [0.15, 0.2) is 65.0 Å². The number of nitrogens with zero attached hydrogens (tertiary/aromatic N) is 2. The Morgan fingerprint density at radius 2 is 1.98 bits per heavy atom. The number of amides is 1. The molecule has 1 aromatic carbocycles. The normalized spacial score (nSPS) is 20.4. The van der Waals surface area contributed by atoms with Crippen molar-refractivity contribution in [2.45, 2.75) is 56.3 Å². The van der Waals surface area contributed by atoms with Gasteiger partial charge in [-0.1, -0.05) is 18.2 Å². The molecular formula is C28H27ClF3N2NaO5. The number of benzene rings is 1. The molecule has 40 heavy (non-hydrogen) atoms. The molecule has 1 N–H and O–H groups in total. The van der Waals surface area contributed by atoms with Gasteiger partial charge in [0.1, 0.15) is 18.1 Å². The first kappa shape index (κ1) is 30.4. The van der Waals surface area contributed by atoms with E-state index < -0.39 is 23.4 Å². The van der Waals surface area contributed by atoms with E-state index in [2.05, 4.69) is 4.98 Å². The summed E-state index contributed by atoms with van der Waals surface area (Å²) in [6.45, 7) is 0.442. The third kappa shape index (κ3) is 6.35. The average Bonchev–Trinajstić information content (AvgIpc) is 3.74. The Morgan fingerprint density at radius 3 is 2.62 bits per heavy atom. The van der Waals surface area contributed by atoms with Crippen LogP contribution in [-0.2, 0) is 22.1 Å². The molecule has 1 fully saturated rings. The number of carbonyl (C=O) groups is 2. The molecule has 208 valence electrons. The van der Waals surface area contributed by atoms with Crippen molar-refractivity contribution in [2.24, 2.45) is 0 Å². The van der Waals surface area contributed by atoms with Gasteiger partial charge in [0.25, 0.3) is 5.91 Å². The maximum atomic E-state index is 13.8. The minimum absolute atomic E-state index is 0. The third-order valence-corrected chi connectivity index (χ3v) is 7.44. The summed E-state index contributed by atoms with van der Waals surface area (Å²) in [4.78, 5) is 31.6. The van der Waals surface area contributed by atoms with Gasteiger partial charge in [-0.2, -0.15) is 13.2 Å². The molecule has 2 aromatic rings. The van der Waals surface area contributed by atoms with E-state index in [9.17, 15) is 27.9 Å². The van der Waals surface area contributed by atoms with Gasteiger partial charge in [-0.05, 0) is 73.0 Å². The van der Waals surface area contributed by atoms with E-state index in [1.165, 1.54) is 18.3 Å². The summed E-state index contributed by atoms with van der Waals surface area (Å²) < 4.78 is 50.2. The molecule has 0 bridgehead atoms. The Hall–Kier alpha value is -2.53. The number of carbonyl (C=O) groups excluding carboxylic acids is 1. The molecule has 1 atom stereocenters. The molecule has 2 aliphatic carbocycles. The van der Waals surface area contributed by atoms with Gasteiger partial charge in [0, 0.05) is 36.9 Å². The number of hydrogen-bond acceptors (Lipinski definition) is 5. The zero-order valence-electron chi connectivity index (χ0n) is 22.8. The van der Waals surface area contributed by atoms with Gasteiger partial charge in [0.05, 0.1) is 5.56 Å². The molecule has 0 radical (unpaired) electrons. The maximum Gasteiger partial charge on any atom is 1.00 e. The van der Waals surface area contributed by atoms with Crippen LogP contribution in [0, 0.1) is 0 Å². The molecule has 3 aliphatic rings. The number of carboxylic acids is 1. The molecule has 1 aliphatic heterocycles. The minimum atomic E-state index is -4.52. The molecule has 1 aromatic heterocycles. The fourth-order valence-electron chi connectivity index (χ4n) is 5.06. The van der Waals surface area contributed by atoms with E-state index in [-0.39, 0.29) is 79.0 Å². The number of carboxylic acid groups (broad SMARTS) is 1. The van der Waals surface area contributed by atoms with Crippen molar-refractivity contribution in [2.75, 3.05) is 13.2 Å². The van der Waals surface area contributed by atoms with Crippen LogP contribution < -0.4 is 34.3 Å². The number of aliphatic carboxylic acids is 1. The van der Waals surface area contributed by atoms with Crippen LogP contribution in [0.4, 0.5) is 13.2 Å². The Balaban J connectivity index is 0.00000231. The summed E-state index contributed by atoms with van der Waals surface area (Å²) in [5.74, 6) is -1.39. The Morgan fingerprint density at radius 1 is 1.23 bits per heavy atom. The molecular weight excluding hydrogens is 560 g/mol. The number of pyridine rings is 1. The molecule has 1 amide bonds. The van der Waals surface area contributed by atoms with E-state index in [4.69, 9.17) is 21.1 Å². The first-order valence-corrected chi connectivity index (χ1v) is 13.0. The Kier molecular flexibility index (Phi) is 9.24. The number of ether oxygens (including phenoxy) is 2. The fourth-order valence-corrected chi connectivity index (χ4v) is 5.22. The average molecular weight is 587 g/mol. The summed E-state index contributed by atoms with van der Waals surface area (Å²) in [6.07, 6.45) is 1.46. The quantitative estimate of drug-likeness (QED) is 0.479. The second kappa shape index (κ2) is 12.1. The van der Waals surface area contributed by atoms with Crippen molar-refractivity contribution >= 4 is 23.5 Å². The summed E-state index contributed by atoms with van der Waals surface area (Å²) >= 11 is 6.09. The first-order valence-electron chi connectivity index (χ1n) is 12.7. The minimum Gasteiger partial charge on any atom is -1.00 e. The van der Waals surface area contributed by atoms with Gasteiger partial charge < -0.3 is 20.9 Å². The Labute approximate surface area is 257 Å². The number of para-hydroxylation sites is 1. The van der Waals surface area contributed by atoms with Crippen LogP contribution >= 0.6 is 11.6 Å². The van der Waals surface area contributed by atoms with Crippen molar-refractivity contribution in [3.8, 4) is 5.75 Å². The smallest absolute Gasteiger partial charge is 1.00 e. The zero-order chi connectivity index (χ0) is 27.8. The second-order valence-electron chi connectivity index (χ2n) is 9.87. The molecule has 5 rings (SSSR count). The van der Waals surface area contributed by atoms with Crippen LogP contribution in [0.3, 0.4) is 0 Å². The van der Waals surface area contributed by atoms with Gasteiger partial charge >= 0.3 is 41.7 Å². The summed E-state index contributed by atoms with van der Waals surface area (Å²) in [6, 6.07) is 8.78. The molecule has 1 unspecified atom stereocenters. The monoisotopic (exact) mass is 586 g/mol. The predicted octanol–water partition coefficient (Wildman–Crippen LogP) is 2.86. The van der Waals surface area contributed by atoms with Gasteiger partial charge in [0.15, 0.2) is 5.22 Å². The van der Waals surface area contributed by atoms with Crippen molar-refractivity contribution in [3.63, 3.8) is 0 Å². The van der Waals surface area contributed by atoms with Crippen molar-refractivity contribution in [3.05, 3.63) is 81.9 Å². The zero-order valence-corrected chi connectivity index (χ0v) is 24.6. The summed E-state index contributed by atoms with van der Waals surface area (Å²) in [7, 11) is 0. The number of halogens is 4. The summed E-state index contributed by atoms with van der Waals surface area (Å²) in [5.41, 5.74) is -0.688. The second-order valence-corrected chi connectivity index (χ2v) is 10.2. The van der Waals surface area contributed by atoms with Crippen LogP contribution in [0.25, 0.3) is 0 Å². The third-order valence-electron chi connectivity index (χ3n) is 7.22. The van der Waals surface area contributed by atoms with E-state index in [1.54, 1.807) is 29.2 Å². The molecule has 12 heteroatoms. The molecule has 0 saturated heterocycles. The summed E-state index contributed by atoms with van der Waals surface area (Å²) in [5, 5.41) is 10.4. The van der Waals surface area contributed by atoms with E-state index >= 15 is 0 Å². The Bertz CT molecular complexity index is 1350. The SMILES string of the molecule is O=C(c1ccccc1OC1(C(=O)O)CCCC2=C1C=C(Cl)OC2)N(CCc1ccc(C(F)(F)F)nc1)C1CC1.[H-].[Na+]. The number of hydrogen-bond donors (Lipinski definition) is 1. The molecule has 0 spiro atoms.